The van der Waals surface area contributed by atoms with Crippen LogP contribution in [0.1, 0.15) is 30.4 Å². The van der Waals surface area contributed by atoms with E-state index in [-0.39, 0.29) is 18.1 Å². The Balaban J connectivity index is 1.87. The lowest BCUT2D eigenvalue weighted by Crippen LogP contribution is -2.26. The van der Waals surface area contributed by atoms with E-state index < -0.39 is 23.0 Å². The summed E-state index contributed by atoms with van der Waals surface area (Å²) in [4.78, 5) is 23.5. The van der Waals surface area contributed by atoms with Gasteiger partial charge in [-0.2, -0.15) is 0 Å². The molecule has 3 rings (SSSR count). The molecule has 0 saturated carbocycles. The molecule has 1 heterocycles. The second-order valence-corrected chi connectivity index (χ2v) is 6.13. The zero-order valence-electron chi connectivity index (χ0n) is 14.7. The minimum Gasteiger partial charge on any atom is -0.508 e. The molecule has 0 aliphatic carbocycles. The van der Waals surface area contributed by atoms with Gasteiger partial charge in [-0.3, -0.25) is 10.1 Å². The van der Waals surface area contributed by atoms with Crippen molar-refractivity contribution in [3.8, 4) is 5.75 Å². The van der Waals surface area contributed by atoms with Gasteiger partial charge in [0.05, 0.1) is 4.92 Å². The van der Waals surface area contributed by atoms with Crippen molar-refractivity contribution in [3.63, 3.8) is 0 Å². The first-order valence-corrected chi connectivity index (χ1v) is 8.54. The van der Waals surface area contributed by atoms with E-state index >= 15 is 0 Å². The number of phenols is 1. The number of benzene rings is 2. The first-order chi connectivity index (χ1) is 13.0. The molecule has 0 amide bonds. The van der Waals surface area contributed by atoms with Gasteiger partial charge in [0, 0.05) is 0 Å². The fraction of sp³-hybridized carbons (Fsp3) is 0.250. The summed E-state index contributed by atoms with van der Waals surface area (Å²) >= 11 is 0. The van der Waals surface area contributed by atoms with Gasteiger partial charge in [0.25, 0.3) is 0 Å². The lowest BCUT2D eigenvalue weighted by atomic mass is 9.89. The van der Waals surface area contributed by atoms with E-state index in [0.29, 0.717) is 17.6 Å². The van der Waals surface area contributed by atoms with Crippen LogP contribution in [0, 0.1) is 10.1 Å². The van der Waals surface area contributed by atoms with Crippen LogP contribution in [-0.2, 0) is 20.9 Å². The minimum absolute atomic E-state index is 0.0521. The summed E-state index contributed by atoms with van der Waals surface area (Å²) in [5.74, 6) is -1.48. The van der Waals surface area contributed by atoms with Gasteiger partial charge in [0.1, 0.15) is 18.3 Å². The van der Waals surface area contributed by atoms with Crippen LogP contribution in [0.2, 0.25) is 0 Å². The van der Waals surface area contributed by atoms with Crippen molar-refractivity contribution in [2.45, 2.75) is 32.1 Å². The van der Waals surface area contributed by atoms with Gasteiger partial charge in [0.2, 0.25) is 5.76 Å². The number of phenolic OH excluding ortho intramolecular Hbond substituents is 1. The summed E-state index contributed by atoms with van der Waals surface area (Å²) in [6, 6.07) is 15.2. The summed E-state index contributed by atoms with van der Waals surface area (Å²) in [6.07, 6.45) is -1.02. The Morgan fingerprint density at radius 3 is 2.44 bits per heavy atom. The maximum Gasteiger partial charge on any atom is 0.374 e. The van der Waals surface area contributed by atoms with Crippen LogP contribution in [0.4, 0.5) is 0 Å². The van der Waals surface area contributed by atoms with E-state index in [0.717, 1.165) is 5.56 Å². The first kappa shape index (κ1) is 18.4. The molecule has 2 atom stereocenters. The zero-order chi connectivity index (χ0) is 19.4. The molecule has 0 aromatic heterocycles. The molecule has 0 radical (unpaired) electrons. The Hall–Kier alpha value is -3.35. The smallest absolute Gasteiger partial charge is 0.374 e. The highest BCUT2D eigenvalue weighted by Crippen LogP contribution is 2.41. The number of nitrogens with zero attached hydrogens (tertiary/aromatic N) is 1. The second kappa shape index (κ2) is 7.90. The van der Waals surface area contributed by atoms with Crippen LogP contribution in [0.15, 0.2) is 65.9 Å². The zero-order valence-corrected chi connectivity index (χ0v) is 14.7. The summed E-state index contributed by atoms with van der Waals surface area (Å²) in [5.41, 5.74) is 1.92. The van der Waals surface area contributed by atoms with E-state index in [1.54, 1.807) is 19.1 Å². The van der Waals surface area contributed by atoms with Crippen LogP contribution >= 0.6 is 0 Å². The molecule has 0 fully saturated rings. The largest absolute Gasteiger partial charge is 0.508 e. The number of aromatic hydroxyl groups is 1. The summed E-state index contributed by atoms with van der Waals surface area (Å²) < 4.78 is 10.7. The van der Waals surface area contributed by atoms with Crippen molar-refractivity contribution in [3.05, 3.63) is 87.2 Å². The Labute approximate surface area is 156 Å². The molecular weight excluding hydrogens is 350 g/mol. The van der Waals surface area contributed by atoms with Crippen molar-refractivity contribution in [1.29, 1.82) is 0 Å². The molecule has 2 aromatic carbocycles. The maximum atomic E-state index is 12.5. The number of hydrogen-bond acceptors (Lipinski definition) is 6. The molecule has 7 nitrogen and oxygen atoms in total. The van der Waals surface area contributed by atoms with Crippen LogP contribution in [0.3, 0.4) is 0 Å². The topological polar surface area (TPSA) is 98.9 Å². The highest BCUT2D eigenvalue weighted by Gasteiger charge is 2.47. The number of nitro groups is 1. The Morgan fingerprint density at radius 2 is 1.85 bits per heavy atom. The number of esters is 1. The quantitative estimate of drug-likeness (QED) is 0.475. The van der Waals surface area contributed by atoms with Crippen LogP contribution in [0.5, 0.6) is 5.75 Å². The number of hydrogen-bond donors (Lipinski definition) is 1. The van der Waals surface area contributed by atoms with Gasteiger partial charge in [0.15, 0.2) is 0 Å². The third-order valence-corrected chi connectivity index (χ3v) is 4.43. The lowest BCUT2D eigenvalue weighted by molar-refractivity contribution is -0.570. The summed E-state index contributed by atoms with van der Waals surface area (Å²) in [6.45, 7) is 1.86. The number of rotatable bonds is 6. The molecule has 7 heteroatoms. The van der Waals surface area contributed by atoms with E-state index in [1.807, 2.05) is 30.3 Å². The van der Waals surface area contributed by atoms with Gasteiger partial charge < -0.3 is 14.6 Å². The van der Waals surface area contributed by atoms with Crippen LogP contribution < -0.4 is 0 Å². The molecule has 0 bridgehead atoms. The Morgan fingerprint density at radius 1 is 1.19 bits per heavy atom. The normalized spacial score (nSPS) is 18.9. The second-order valence-electron chi connectivity index (χ2n) is 6.13. The Bertz CT molecular complexity index is 860. The third-order valence-electron chi connectivity index (χ3n) is 4.43. The maximum absolute atomic E-state index is 12.5. The van der Waals surface area contributed by atoms with Crippen molar-refractivity contribution in [2.24, 2.45) is 0 Å². The molecule has 1 aliphatic heterocycles. The summed E-state index contributed by atoms with van der Waals surface area (Å²) in [5, 5.41) is 21.0. The predicted molar refractivity (Wildman–Crippen MR) is 96.3 cm³/mol. The minimum atomic E-state index is -1.41. The van der Waals surface area contributed by atoms with E-state index in [1.165, 1.54) is 12.1 Å². The Kier molecular flexibility index (Phi) is 5.40. The van der Waals surface area contributed by atoms with Gasteiger partial charge in [-0.15, -0.1) is 0 Å². The monoisotopic (exact) mass is 369 g/mol. The fourth-order valence-electron chi connectivity index (χ4n) is 3.14. The van der Waals surface area contributed by atoms with Crippen molar-refractivity contribution >= 4 is 5.97 Å². The van der Waals surface area contributed by atoms with Crippen molar-refractivity contribution in [2.75, 3.05) is 0 Å². The average molecular weight is 369 g/mol. The van der Waals surface area contributed by atoms with Crippen molar-refractivity contribution < 1.29 is 24.3 Å². The molecule has 27 heavy (non-hydrogen) atoms. The van der Waals surface area contributed by atoms with E-state index in [9.17, 15) is 20.0 Å². The molecular formula is C20H19NO6. The SMILES string of the molecule is CCC1=C(C(=O)OCc2ccccc2)O[C@H]([N+](=O)[O-])[C@H]1c1ccc(O)cc1. The van der Waals surface area contributed by atoms with Crippen LogP contribution in [-0.4, -0.2) is 22.2 Å². The van der Waals surface area contributed by atoms with E-state index in [2.05, 4.69) is 0 Å². The molecule has 0 unspecified atom stereocenters. The van der Waals surface area contributed by atoms with Gasteiger partial charge in [-0.05, 0) is 35.3 Å². The highest BCUT2D eigenvalue weighted by atomic mass is 16.7. The standard InChI is InChI=1S/C20H19NO6/c1-2-16-17(14-8-10-15(22)11-9-14)19(21(24)25)27-18(16)20(23)26-12-13-6-4-3-5-7-13/h3-11,17,19,22H,2,12H2,1H3/t17-,19-/m0/s1. The van der Waals surface area contributed by atoms with Crippen LogP contribution in [0.25, 0.3) is 0 Å². The first-order valence-electron chi connectivity index (χ1n) is 8.54. The van der Waals surface area contributed by atoms with Crippen molar-refractivity contribution in [1.82, 2.24) is 0 Å². The average Bonchev–Trinajstić information content (AvgIpc) is 3.07. The number of carbonyl (C=O) groups excluding carboxylic acids is 1. The molecule has 2 aromatic rings. The lowest BCUT2D eigenvalue weighted by Gasteiger charge is -2.14. The fourth-order valence-corrected chi connectivity index (χ4v) is 3.14. The molecule has 1 N–H and O–H groups in total. The predicted octanol–water partition coefficient (Wildman–Crippen LogP) is 3.52. The number of carbonyl (C=O) groups is 1. The molecule has 0 spiro atoms. The molecule has 140 valence electrons. The van der Waals surface area contributed by atoms with Gasteiger partial charge in [-0.1, -0.05) is 49.4 Å². The third kappa shape index (κ3) is 3.92. The van der Waals surface area contributed by atoms with E-state index in [4.69, 9.17) is 9.47 Å². The molecule has 0 saturated heterocycles. The van der Waals surface area contributed by atoms with Gasteiger partial charge in [-0.25, -0.2) is 4.79 Å². The van der Waals surface area contributed by atoms with Gasteiger partial charge >= 0.3 is 12.2 Å². The summed E-state index contributed by atoms with van der Waals surface area (Å²) in [7, 11) is 0. The molecule has 1 aliphatic rings. The number of ether oxygens (including phenoxy) is 2. The highest BCUT2D eigenvalue weighted by molar-refractivity contribution is 5.88.